The standard InChI is InChI=1S/C17H19FN2/c1-13-7-8-15(11-16(13)18)20-10-9-19-17(12-20)14-5-3-2-4-6-14/h2-8,11,17,19H,9-10,12H2,1H3. The summed E-state index contributed by atoms with van der Waals surface area (Å²) in [6.07, 6.45) is 0. The van der Waals surface area contributed by atoms with Crippen LogP contribution in [0.25, 0.3) is 0 Å². The number of rotatable bonds is 2. The van der Waals surface area contributed by atoms with Crippen molar-refractivity contribution in [1.82, 2.24) is 5.32 Å². The Morgan fingerprint density at radius 1 is 1.15 bits per heavy atom. The predicted octanol–water partition coefficient (Wildman–Crippen LogP) is 3.29. The SMILES string of the molecule is Cc1ccc(N2CCNC(c3ccccc3)C2)cc1F. The van der Waals surface area contributed by atoms with Gasteiger partial charge in [0, 0.05) is 31.4 Å². The molecule has 1 fully saturated rings. The second-order valence-electron chi connectivity index (χ2n) is 5.30. The first-order chi connectivity index (χ1) is 9.74. The fraction of sp³-hybridized carbons (Fsp3) is 0.294. The van der Waals surface area contributed by atoms with Crippen molar-refractivity contribution in [1.29, 1.82) is 0 Å². The molecule has 1 atom stereocenters. The third-order valence-corrected chi connectivity index (χ3v) is 3.90. The van der Waals surface area contributed by atoms with Crippen LogP contribution in [0.5, 0.6) is 0 Å². The molecule has 1 heterocycles. The van der Waals surface area contributed by atoms with E-state index in [4.69, 9.17) is 0 Å². The van der Waals surface area contributed by atoms with E-state index >= 15 is 0 Å². The van der Waals surface area contributed by atoms with Crippen LogP contribution in [0.1, 0.15) is 17.2 Å². The lowest BCUT2D eigenvalue weighted by atomic mass is 10.0. The Morgan fingerprint density at radius 3 is 2.70 bits per heavy atom. The molecule has 104 valence electrons. The minimum Gasteiger partial charge on any atom is -0.368 e. The minimum absolute atomic E-state index is 0.128. The lowest BCUT2D eigenvalue weighted by Gasteiger charge is -2.35. The van der Waals surface area contributed by atoms with E-state index in [2.05, 4.69) is 34.5 Å². The Labute approximate surface area is 119 Å². The average molecular weight is 270 g/mol. The summed E-state index contributed by atoms with van der Waals surface area (Å²) in [7, 11) is 0. The van der Waals surface area contributed by atoms with E-state index in [1.807, 2.05) is 18.2 Å². The molecule has 1 aliphatic rings. The highest BCUT2D eigenvalue weighted by molar-refractivity contribution is 5.49. The average Bonchev–Trinajstić information content (AvgIpc) is 2.51. The van der Waals surface area contributed by atoms with Gasteiger partial charge in [0.1, 0.15) is 5.82 Å². The summed E-state index contributed by atoms with van der Waals surface area (Å²) in [6.45, 7) is 4.48. The Balaban J connectivity index is 1.79. The van der Waals surface area contributed by atoms with Gasteiger partial charge < -0.3 is 10.2 Å². The molecular formula is C17H19FN2. The molecule has 2 aromatic rings. The van der Waals surface area contributed by atoms with Gasteiger partial charge in [0.05, 0.1) is 0 Å². The van der Waals surface area contributed by atoms with Crippen LogP contribution in [0.4, 0.5) is 10.1 Å². The van der Waals surface area contributed by atoms with Gasteiger partial charge in [0.25, 0.3) is 0 Å². The molecule has 0 radical (unpaired) electrons. The Morgan fingerprint density at radius 2 is 1.95 bits per heavy atom. The van der Waals surface area contributed by atoms with Crippen LogP contribution in [0.3, 0.4) is 0 Å². The molecular weight excluding hydrogens is 251 g/mol. The van der Waals surface area contributed by atoms with Crippen LogP contribution in [-0.2, 0) is 0 Å². The van der Waals surface area contributed by atoms with E-state index in [9.17, 15) is 4.39 Å². The van der Waals surface area contributed by atoms with Gasteiger partial charge in [0.15, 0.2) is 0 Å². The monoisotopic (exact) mass is 270 g/mol. The van der Waals surface area contributed by atoms with Crippen molar-refractivity contribution < 1.29 is 4.39 Å². The third-order valence-electron chi connectivity index (χ3n) is 3.90. The van der Waals surface area contributed by atoms with Gasteiger partial charge in [-0.15, -0.1) is 0 Å². The number of halogens is 1. The van der Waals surface area contributed by atoms with Crippen molar-refractivity contribution in [3.8, 4) is 0 Å². The Bertz CT molecular complexity index is 583. The van der Waals surface area contributed by atoms with Gasteiger partial charge in [0.2, 0.25) is 0 Å². The van der Waals surface area contributed by atoms with Crippen molar-refractivity contribution in [3.63, 3.8) is 0 Å². The highest BCUT2D eigenvalue weighted by Crippen LogP contribution is 2.24. The van der Waals surface area contributed by atoms with Crippen LogP contribution < -0.4 is 10.2 Å². The first kappa shape index (κ1) is 13.1. The minimum atomic E-state index is -0.128. The van der Waals surface area contributed by atoms with Crippen molar-refractivity contribution in [2.75, 3.05) is 24.5 Å². The van der Waals surface area contributed by atoms with Crippen molar-refractivity contribution >= 4 is 5.69 Å². The van der Waals surface area contributed by atoms with Gasteiger partial charge in [-0.25, -0.2) is 4.39 Å². The maximum Gasteiger partial charge on any atom is 0.128 e. The number of nitrogens with one attached hydrogen (secondary N) is 1. The first-order valence-corrected chi connectivity index (χ1v) is 7.03. The molecule has 20 heavy (non-hydrogen) atoms. The quantitative estimate of drug-likeness (QED) is 0.901. The normalized spacial score (nSPS) is 19.1. The molecule has 1 saturated heterocycles. The fourth-order valence-electron chi connectivity index (χ4n) is 2.67. The van der Waals surface area contributed by atoms with Crippen molar-refractivity contribution in [2.45, 2.75) is 13.0 Å². The van der Waals surface area contributed by atoms with Crippen LogP contribution in [-0.4, -0.2) is 19.6 Å². The number of aryl methyl sites for hydroxylation is 1. The zero-order valence-corrected chi connectivity index (χ0v) is 11.6. The summed E-state index contributed by atoms with van der Waals surface area (Å²) in [5.74, 6) is -0.128. The molecule has 1 aliphatic heterocycles. The molecule has 0 amide bonds. The van der Waals surface area contributed by atoms with Crippen molar-refractivity contribution in [2.24, 2.45) is 0 Å². The van der Waals surface area contributed by atoms with E-state index in [-0.39, 0.29) is 5.82 Å². The maximum atomic E-state index is 13.7. The predicted molar refractivity (Wildman–Crippen MR) is 80.5 cm³/mol. The van der Waals surface area contributed by atoms with Gasteiger partial charge in [-0.05, 0) is 30.2 Å². The molecule has 1 unspecified atom stereocenters. The number of anilines is 1. The second-order valence-corrected chi connectivity index (χ2v) is 5.30. The van der Waals surface area contributed by atoms with E-state index in [0.29, 0.717) is 11.6 Å². The van der Waals surface area contributed by atoms with Crippen LogP contribution in [0, 0.1) is 12.7 Å². The summed E-state index contributed by atoms with van der Waals surface area (Å²) in [6, 6.07) is 16.2. The highest BCUT2D eigenvalue weighted by Gasteiger charge is 2.21. The molecule has 2 nitrogen and oxygen atoms in total. The van der Waals surface area contributed by atoms with Gasteiger partial charge in [-0.2, -0.15) is 0 Å². The summed E-state index contributed by atoms with van der Waals surface area (Å²) in [5, 5.41) is 3.53. The lowest BCUT2D eigenvalue weighted by Crippen LogP contribution is -2.45. The van der Waals surface area contributed by atoms with Crippen LogP contribution in [0.15, 0.2) is 48.5 Å². The highest BCUT2D eigenvalue weighted by atomic mass is 19.1. The molecule has 0 saturated carbocycles. The smallest absolute Gasteiger partial charge is 0.128 e. The van der Waals surface area contributed by atoms with E-state index in [1.54, 1.807) is 13.0 Å². The molecule has 3 heteroatoms. The van der Waals surface area contributed by atoms with Crippen LogP contribution in [0.2, 0.25) is 0 Å². The lowest BCUT2D eigenvalue weighted by molar-refractivity contribution is 0.471. The first-order valence-electron chi connectivity index (χ1n) is 7.03. The van der Waals surface area contributed by atoms with Gasteiger partial charge >= 0.3 is 0 Å². The number of benzene rings is 2. The number of hydrogen-bond acceptors (Lipinski definition) is 2. The summed E-state index contributed by atoms with van der Waals surface area (Å²) in [4.78, 5) is 2.25. The topological polar surface area (TPSA) is 15.3 Å². The molecule has 0 aliphatic carbocycles. The van der Waals surface area contributed by atoms with E-state index in [0.717, 1.165) is 25.3 Å². The third kappa shape index (κ3) is 2.68. The second kappa shape index (κ2) is 5.63. The molecule has 0 bridgehead atoms. The Hall–Kier alpha value is -1.87. The van der Waals surface area contributed by atoms with E-state index < -0.39 is 0 Å². The van der Waals surface area contributed by atoms with Gasteiger partial charge in [-0.3, -0.25) is 0 Å². The van der Waals surface area contributed by atoms with Gasteiger partial charge in [-0.1, -0.05) is 36.4 Å². The molecule has 3 rings (SSSR count). The number of hydrogen-bond donors (Lipinski definition) is 1. The summed E-state index contributed by atoms with van der Waals surface area (Å²) >= 11 is 0. The number of nitrogens with zero attached hydrogens (tertiary/aromatic N) is 1. The zero-order chi connectivity index (χ0) is 13.9. The van der Waals surface area contributed by atoms with E-state index in [1.165, 1.54) is 5.56 Å². The maximum absolute atomic E-state index is 13.7. The Kier molecular flexibility index (Phi) is 3.70. The zero-order valence-electron chi connectivity index (χ0n) is 11.6. The molecule has 1 N–H and O–H groups in total. The van der Waals surface area contributed by atoms with Crippen LogP contribution >= 0.6 is 0 Å². The fourth-order valence-corrected chi connectivity index (χ4v) is 2.67. The van der Waals surface area contributed by atoms with Crippen molar-refractivity contribution in [3.05, 3.63) is 65.5 Å². The molecule has 0 spiro atoms. The summed E-state index contributed by atoms with van der Waals surface area (Å²) in [5.41, 5.74) is 2.95. The number of piperazine rings is 1. The molecule has 2 aromatic carbocycles. The largest absolute Gasteiger partial charge is 0.368 e. The molecule has 0 aromatic heterocycles. The summed E-state index contributed by atoms with van der Waals surface area (Å²) < 4.78 is 13.7.